The van der Waals surface area contributed by atoms with E-state index in [2.05, 4.69) is 17.2 Å². The van der Waals surface area contributed by atoms with Crippen molar-refractivity contribution in [2.45, 2.75) is 59.4 Å². The fourth-order valence-corrected chi connectivity index (χ4v) is 4.08. The Kier molecular flexibility index (Phi) is 4.24. The first-order chi connectivity index (χ1) is 11.3. The number of likely N-dealkylation sites (tertiary alicyclic amines) is 1. The Morgan fingerprint density at radius 1 is 1.25 bits per heavy atom. The van der Waals surface area contributed by atoms with E-state index in [1.165, 1.54) is 5.56 Å². The van der Waals surface area contributed by atoms with Gasteiger partial charge in [0.1, 0.15) is 5.76 Å². The van der Waals surface area contributed by atoms with Crippen LogP contribution in [0.5, 0.6) is 0 Å². The largest absolute Gasteiger partial charge is 0.361 e. The van der Waals surface area contributed by atoms with Gasteiger partial charge in [0.2, 0.25) is 5.91 Å². The average Bonchev–Trinajstić information content (AvgIpc) is 3.18. The van der Waals surface area contributed by atoms with Crippen molar-refractivity contribution in [2.24, 2.45) is 7.05 Å². The number of hydrogen-bond donors (Lipinski definition) is 0. The minimum absolute atomic E-state index is 0.120. The van der Waals surface area contributed by atoms with Gasteiger partial charge >= 0.3 is 0 Å². The van der Waals surface area contributed by atoms with E-state index in [0.29, 0.717) is 0 Å². The van der Waals surface area contributed by atoms with Crippen LogP contribution in [0.1, 0.15) is 65.7 Å². The Balaban J connectivity index is 1.92. The van der Waals surface area contributed by atoms with E-state index in [1.54, 1.807) is 0 Å². The molecule has 1 amide bonds. The van der Waals surface area contributed by atoms with Gasteiger partial charge in [-0.2, -0.15) is 5.10 Å². The highest BCUT2D eigenvalue weighted by atomic mass is 16.5. The molecule has 2 atom stereocenters. The monoisotopic (exact) mass is 330 g/mol. The van der Waals surface area contributed by atoms with Crippen LogP contribution in [0.15, 0.2) is 4.52 Å². The second-order valence-electron chi connectivity index (χ2n) is 6.86. The van der Waals surface area contributed by atoms with Gasteiger partial charge in [0.05, 0.1) is 23.3 Å². The second-order valence-corrected chi connectivity index (χ2v) is 6.86. The number of carbonyl (C=O) groups excluding carboxylic acids is 1. The molecule has 1 aliphatic rings. The fourth-order valence-electron chi connectivity index (χ4n) is 4.08. The predicted molar refractivity (Wildman–Crippen MR) is 90.8 cm³/mol. The number of aryl methyl sites for hydroxylation is 4. The minimum atomic E-state index is -0.242. The summed E-state index contributed by atoms with van der Waals surface area (Å²) in [5.41, 5.74) is 5.09. The molecule has 130 valence electrons. The van der Waals surface area contributed by atoms with Gasteiger partial charge in [0, 0.05) is 30.4 Å². The van der Waals surface area contributed by atoms with Crippen LogP contribution in [0.25, 0.3) is 0 Å². The number of aromatic nitrogens is 3. The van der Waals surface area contributed by atoms with Crippen molar-refractivity contribution in [1.82, 2.24) is 19.8 Å². The Hall–Kier alpha value is -2.11. The lowest BCUT2D eigenvalue weighted by atomic mass is 9.96. The van der Waals surface area contributed by atoms with E-state index >= 15 is 0 Å². The van der Waals surface area contributed by atoms with Crippen molar-refractivity contribution >= 4 is 5.91 Å². The first-order valence-electron chi connectivity index (χ1n) is 8.56. The van der Waals surface area contributed by atoms with Crippen molar-refractivity contribution in [3.05, 3.63) is 34.0 Å². The zero-order valence-electron chi connectivity index (χ0n) is 15.4. The molecule has 0 aliphatic carbocycles. The van der Waals surface area contributed by atoms with E-state index in [4.69, 9.17) is 4.52 Å². The van der Waals surface area contributed by atoms with E-state index < -0.39 is 0 Å². The predicted octanol–water partition coefficient (Wildman–Crippen LogP) is 3.11. The molecule has 2 aromatic heterocycles. The van der Waals surface area contributed by atoms with E-state index in [1.807, 2.05) is 44.3 Å². The lowest BCUT2D eigenvalue weighted by molar-refractivity contribution is -0.133. The Morgan fingerprint density at radius 2 is 1.96 bits per heavy atom. The number of hydrogen-bond acceptors (Lipinski definition) is 4. The normalized spacial score (nSPS) is 19.1. The van der Waals surface area contributed by atoms with Crippen molar-refractivity contribution in [1.29, 1.82) is 0 Å². The third-order valence-corrected chi connectivity index (χ3v) is 5.33. The smallest absolute Gasteiger partial charge is 0.230 e. The maximum Gasteiger partial charge on any atom is 0.230 e. The van der Waals surface area contributed by atoms with Crippen LogP contribution in [0, 0.1) is 27.7 Å². The molecule has 6 heteroatoms. The molecule has 0 saturated carbocycles. The Morgan fingerprint density at radius 3 is 2.50 bits per heavy atom. The highest BCUT2D eigenvalue weighted by molar-refractivity contribution is 5.84. The summed E-state index contributed by atoms with van der Waals surface area (Å²) in [6, 6.07) is 0.120. The lowest BCUT2D eigenvalue weighted by Crippen LogP contribution is -2.34. The zero-order valence-corrected chi connectivity index (χ0v) is 15.4. The van der Waals surface area contributed by atoms with Crippen molar-refractivity contribution in [3.8, 4) is 0 Å². The molecule has 0 unspecified atom stereocenters. The standard InChI is InChI=1S/C18H26N4O2/c1-10(16-12(3)20-24-14(16)5)18(23)22-9-7-8-15(22)17-11(2)19-21(6)13(17)4/h10,15H,7-9H2,1-6H3/t10-,15-/m0/s1. The minimum Gasteiger partial charge on any atom is -0.361 e. The summed E-state index contributed by atoms with van der Waals surface area (Å²) < 4.78 is 7.15. The average molecular weight is 330 g/mol. The molecule has 0 spiro atoms. The number of rotatable bonds is 3. The molecule has 0 aromatic carbocycles. The van der Waals surface area contributed by atoms with Crippen LogP contribution in [0.2, 0.25) is 0 Å². The van der Waals surface area contributed by atoms with Gasteiger partial charge in [0.15, 0.2) is 0 Å². The van der Waals surface area contributed by atoms with Gasteiger partial charge in [-0.15, -0.1) is 0 Å². The summed E-state index contributed by atoms with van der Waals surface area (Å²) in [6.45, 7) is 10.6. The highest BCUT2D eigenvalue weighted by Gasteiger charge is 2.36. The first-order valence-corrected chi connectivity index (χ1v) is 8.56. The maximum absolute atomic E-state index is 13.2. The van der Waals surface area contributed by atoms with Gasteiger partial charge in [-0.25, -0.2) is 0 Å². The summed E-state index contributed by atoms with van der Waals surface area (Å²) in [5.74, 6) is 0.640. The van der Waals surface area contributed by atoms with Gasteiger partial charge in [0.25, 0.3) is 0 Å². The summed E-state index contributed by atoms with van der Waals surface area (Å²) >= 11 is 0. The summed E-state index contributed by atoms with van der Waals surface area (Å²) in [6.07, 6.45) is 2.02. The first kappa shape index (κ1) is 16.7. The SMILES string of the molecule is Cc1noc(C)c1[C@H](C)C(=O)N1CCC[C@H]1c1c(C)nn(C)c1C. The zero-order chi connectivity index (χ0) is 17.6. The van der Waals surface area contributed by atoms with E-state index in [0.717, 1.165) is 47.8 Å². The molecular weight excluding hydrogens is 304 g/mol. The third-order valence-electron chi connectivity index (χ3n) is 5.33. The number of nitrogens with zero attached hydrogens (tertiary/aromatic N) is 4. The molecule has 1 saturated heterocycles. The molecule has 24 heavy (non-hydrogen) atoms. The Labute approximate surface area is 142 Å². The molecular formula is C18H26N4O2. The van der Waals surface area contributed by atoms with E-state index in [-0.39, 0.29) is 17.9 Å². The van der Waals surface area contributed by atoms with Crippen LogP contribution in [-0.2, 0) is 11.8 Å². The molecule has 3 rings (SSSR count). The quantitative estimate of drug-likeness (QED) is 0.867. The summed E-state index contributed by atoms with van der Waals surface area (Å²) in [7, 11) is 1.96. The topological polar surface area (TPSA) is 64.2 Å². The molecule has 1 fully saturated rings. The van der Waals surface area contributed by atoms with Crippen LogP contribution in [0.3, 0.4) is 0 Å². The number of carbonyl (C=O) groups is 1. The molecule has 0 bridgehead atoms. The van der Waals surface area contributed by atoms with Gasteiger partial charge in [-0.3, -0.25) is 9.48 Å². The fraction of sp³-hybridized carbons (Fsp3) is 0.611. The van der Waals surface area contributed by atoms with Gasteiger partial charge in [-0.05, 0) is 47.5 Å². The third kappa shape index (κ3) is 2.54. The molecule has 0 N–H and O–H groups in total. The summed E-state index contributed by atoms with van der Waals surface area (Å²) in [4.78, 5) is 15.2. The molecule has 1 aliphatic heterocycles. The summed E-state index contributed by atoms with van der Waals surface area (Å²) in [5, 5.41) is 8.52. The number of amides is 1. The van der Waals surface area contributed by atoms with Crippen LogP contribution >= 0.6 is 0 Å². The van der Waals surface area contributed by atoms with Crippen molar-refractivity contribution in [3.63, 3.8) is 0 Å². The van der Waals surface area contributed by atoms with Crippen LogP contribution in [0.4, 0.5) is 0 Å². The van der Waals surface area contributed by atoms with E-state index in [9.17, 15) is 4.79 Å². The molecule has 2 aromatic rings. The van der Waals surface area contributed by atoms with Crippen molar-refractivity contribution < 1.29 is 9.32 Å². The lowest BCUT2D eigenvalue weighted by Gasteiger charge is -2.28. The van der Waals surface area contributed by atoms with Crippen LogP contribution < -0.4 is 0 Å². The second kappa shape index (κ2) is 6.07. The van der Waals surface area contributed by atoms with Gasteiger partial charge in [-0.1, -0.05) is 5.16 Å². The van der Waals surface area contributed by atoms with Crippen molar-refractivity contribution in [2.75, 3.05) is 6.54 Å². The molecule has 0 radical (unpaired) electrons. The van der Waals surface area contributed by atoms with Crippen LogP contribution in [-0.4, -0.2) is 32.3 Å². The van der Waals surface area contributed by atoms with Gasteiger partial charge < -0.3 is 9.42 Å². The maximum atomic E-state index is 13.2. The highest BCUT2D eigenvalue weighted by Crippen LogP contribution is 2.38. The molecule has 6 nitrogen and oxygen atoms in total. The Bertz CT molecular complexity index is 755. The molecule has 3 heterocycles.